The van der Waals surface area contributed by atoms with Crippen molar-refractivity contribution in [3.05, 3.63) is 12.7 Å². The van der Waals surface area contributed by atoms with Crippen molar-refractivity contribution in [1.82, 2.24) is 0 Å². The van der Waals surface area contributed by atoms with Crippen LogP contribution in [0.3, 0.4) is 0 Å². The lowest BCUT2D eigenvalue weighted by molar-refractivity contribution is -0.147. The molecule has 0 saturated heterocycles. The van der Waals surface area contributed by atoms with Crippen molar-refractivity contribution in [3.63, 3.8) is 0 Å². The van der Waals surface area contributed by atoms with E-state index in [2.05, 4.69) is 11.3 Å². The third-order valence-corrected chi connectivity index (χ3v) is 0.786. The molecule has 58 valence electrons. The minimum Gasteiger partial charge on any atom is -0.460 e. The number of carbonyl (C=O) groups is 1. The van der Waals surface area contributed by atoms with Gasteiger partial charge in [-0.15, -0.1) is 0 Å². The predicted octanol–water partition coefficient (Wildman–Crippen LogP) is 0.752. The second-order valence-corrected chi connectivity index (χ2v) is 1.61. The smallest absolute Gasteiger partial charge is 0.332 e. The van der Waals surface area contributed by atoms with Crippen LogP contribution in [0, 0.1) is 0 Å². The number of esters is 1. The summed E-state index contributed by atoms with van der Waals surface area (Å²) in [6.45, 7) is 6.03. The van der Waals surface area contributed by atoms with Crippen molar-refractivity contribution < 1.29 is 14.3 Å². The molecular formula is C7H12O3. The molecule has 3 nitrogen and oxygen atoms in total. The highest BCUT2D eigenvalue weighted by Gasteiger charge is 1.98. The quantitative estimate of drug-likeness (QED) is 0.422. The van der Waals surface area contributed by atoms with Gasteiger partial charge < -0.3 is 9.47 Å². The molecule has 0 aliphatic rings. The van der Waals surface area contributed by atoms with Gasteiger partial charge in [0.05, 0.1) is 0 Å². The van der Waals surface area contributed by atoms with E-state index in [1.54, 1.807) is 0 Å². The van der Waals surface area contributed by atoms with Gasteiger partial charge in [-0.1, -0.05) is 12.7 Å². The lowest BCUT2D eigenvalue weighted by atomic mass is 10.6. The summed E-state index contributed by atoms with van der Waals surface area (Å²) < 4.78 is 9.39. The molecular weight excluding hydrogens is 132 g/mol. The Morgan fingerprint density at radius 3 is 2.90 bits per heavy atom. The molecule has 0 saturated carbocycles. The third-order valence-electron chi connectivity index (χ3n) is 0.786. The fourth-order valence-electron chi connectivity index (χ4n) is 0.379. The lowest BCUT2D eigenvalue weighted by Crippen LogP contribution is -2.12. The van der Waals surface area contributed by atoms with Crippen molar-refractivity contribution in [2.75, 3.05) is 19.8 Å². The first kappa shape index (κ1) is 9.17. The van der Waals surface area contributed by atoms with E-state index in [1.165, 1.54) is 6.08 Å². The zero-order valence-corrected chi connectivity index (χ0v) is 6.13. The maximum Gasteiger partial charge on any atom is 0.332 e. The van der Waals surface area contributed by atoms with Crippen LogP contribution < -0.4 is 0 Å². The predicted molar refractivity (Wildman–Crippen MR) is 37.6 cm³/mol. The maximum absolute atomic E-state index is 10.6. The van der Waals surface area contributed by atoms with Crippen LogP contribution in [0.2, 0.25) is 0 Å². The normalized spacial score (nSPS) is 8.90. The van der Waals surface area contributed by atoms with Crippen LogP contribution in [0.1, 0.15) is 6.92 Å². The molecule has 0 amide bonds. The first-order chi connectivity index (χ1) is 4.81. The summed E-state index contributed by atoms with van der Waals surface area (Å²) in [5, 5.41) is 0. The summed E-state index contributed by atoms with van der Waals surface area (Å²) in [5.41, 5.74) is 0. The van der Waals surface area contributed by atoms with Crippen LogP contribution in [0.25, 0.3) is 0 Å². The van der Waals surface area contributed by atoms with Gasteiger partial charge in [0.1, 0.15) is 13.2 Å². The fraction of sp³-hybridized carbons (Fsp3) is 0.571. The Morgan fingerprint density at radius 1 is 1.70 bits per heavy atom. The maximum atomic E-state index is 10.6. The SMILES string of the molecule is C=CCOC(=O)COCC. The van der Waals surface area contributed by atoms with Crippen LogP contribution >= 0.6 is 0 Å². The monoisotopic (exact) mass is 144 g/mol. The van der Waals surface area contributed by atoms with Crippen molar-refractivity contribution >= 4 is 5.97 Å². The third kappa shape index (κ3) is 5.31. The highest BCUT2D eigenvalue weighted by Crippen LogP contribution is 1.80. The number of ether oxygens (including phenoxy) is 2. The zero-order chi connectivity index (χ0) is 7.82. The number of carbonyl (C=O) groups excluding carboxylic acids is 1. The van der Waals surface area contributed by atoms with Crippen LogP contribution in [-0.4, -0.2) is 25.8 Å². The van der Waals surface area contributed by atoms with Crippen LogP contribution in [0.4, 0.5) is 0 Å². The van der Waals surface area contributed by atoms with Crippen molar-refractivity contribution in [3.8, 4) is 0 Å². The average Bonchev–Trinajstić information content (AvgIpc) is 1.97. The van der Waals surface area contributed by atoms with Gasteiger partial charge >= 0.3 is 5.97 Å². The molecule has 0 aliphatic carbocycles. The minimum absolute atomic E-state index is 0.0321. The second-order valence-electron chi connectivity index (χ2n) is 1.61. The molecule has 10 heavy (non-hydrogen) atoms. The summed E-state index contributed by atoms with van der Waals surface area (Å²) in [6.07, 6.45) is 1.52. The first-order valence-electron chi connectivity index (χ1n) is 3.15. The highest BCUT2D eigenvalue weighted by molar-refractivity contribution is 5.70. The molecule has 0 radical (unpaired) electrons. The van der Waals surface area contributed by atoms with E-state index < -0.39 is 0 Å². The molecule has 0 rings (SSSR count). The fourth-order valence-corrected chi connectivity index (χ4v) is 0.379. The van der Waals surface area contributed by atoms with Gasteiger partial charge in [0.25, 0.3) is 0 Å². The molecule has 0 spiro atoms. The van der Waals surface area contributed by atoms with Gasteiger partial charge in [0, 0.05) is 6.61 Å². The molecule has 0 heterocycles. The summed E-state index contributed by atoms with van der Waals surface area (Å²) >= 11 is 0. The van der Waals surface area contributed by atoms with Crippen LogP contribution in [0.5, 0.6) is 0 Å². The van der Waals surface area contributed by atoms with E-state index in [0.717, 1.165) is 0 Å². The number of rotatable bonds is 5. The van der Waals surface area contributed by atoms with Crippen LogP contribution in [-0.2, 0) is 14.3 Å². The van der Waals surface area contributed by atoms with E-state index in [9.17, 15) is 4.79 Å². The molecule has 0 aromatic rings. The highest BCUT2D eigenvalue weighted by atomic mass is 16.6. The summed E-state index contributed by atoms with van der Waals surface area (Å²) in [6, 6.07) is 0. The van der Waals surface area contributed by atoms with E-state index >= 15 is 0 Å². The average molecular weight is 144 g/mol. The van der Waals surface area contributed by atoms with Crippen LogP contribution in [0.15, 0.2) is 12.7 Å². The molecule has 0 N–H and O–H groups in total. The molecule has 0 unspecified atom stereocenters. The van der Waals surface area contributed by atoms with Gasteiger partial charge in [0.15, 0.2) is 0 Å². The van der Waals surface area contributed by atoms with Gasteiger partial charge in [0.2, 0.25) is 0 Å². The second kappa shape index (κ2) is 6.29. The summed E-state index contributed by atoms with van der Waals surface area (Å²) in [7, 11) is 0. The summed E-state index contributed by atoms with van der Waals surface area (Å²) in [4.78, 5) is 10.6. The van der Waals surface area contributed by atoms with E-state index in [4.69, 9.17) is 4.74 Å². The van der Waals surface area contributed by atoms with E-state index in [1.807, 2.05) is 6.92 Å². The van der Waals surface area contributed by atoms with Gasteiger partial charge in [-0.05, 0) is 6.92 Å². The molecule has 3 heteroatoms. The molecule has 0 aromatic heterocycles. The lowest BCUT2D eigenvalue weighted by Gasteiger charge is -2.00. The Morgan fingerprint density at radius 2 is 2.40 bits per heavy atom. The van der Waals surface area contributed by atoms with Crippen molar-refractivity contribution in [2.24, 2.45) is 0 Å². The number of hydrogen-bond donors (Lipinski definition) is 0. The topological polar surface area (TPSA) is 35.5 Å². The Labute approximate surface area is 60.6 Å². The number of hydrogen-bond acceptors (Lipinski definition) is 3. The van der Waals surface area contributed by atoms with E-state index in [0.29, 0.717) is 6.61 Å². The molecule has 0 bridgehead atoms. The van der Waals surface area contributed by atoms with E-state index in [-0.39, 0.29) is 19.2 Å². The molecule has 0 fully saturated rings. The molecule has 0 aromatic carbocycles. The minimum atomic E-state index is -0.346. The van der Waals surface area contributed by atoms with Gasteiger partial charge in [-0.25, -0.2) is 4.79 Å². The molecule has 0 aliphatic heterocycles. The van der Waals surface area contributed by atoms with Gasteiger partial charge in [-0.3, -0.25) is 0 Å². The van der Waals surface area contributed by atoms with Crippen molar-refractivity contribution in [1.29, 1.82) is 0 Å². The Bertz CT molecular complexity index is 109. The first-order valence-corrected chi connectivity index (χ1v) is 3.15. The van der Waals surface area contributed by atoms with Gasteiger partial charge in [-0.2, -0.15) is 0 Å². The summed E-state index contributed by atoms with van der Waals surface area (Å²) in [5.74, 6) is -0.346. The largest absolute Gasteiger partial charge is 0.460 e. The standard InChI is InChI=1S/C7H12O3/c1-3-5-10-7(8)6-9-4-2/h3H,1,4-6H2,2H3. The zero-order valence-electron chi connectivity index (χ0n) is 6.13. The Balaban J connectivity index is 3.16. The molecule has 0 atom stereocenters. The Hall–Kier alpha value is -0.830. The van der Waals surface area contributed by atoms with Crippen molar-refractivity contribution in [2.45, 2.75) is 6.92 Å². The Kier molecular flexibility index (Phi) is 5.77.